The number of piperidine rings is 1. The molecule has 1 heterocycles. The first kappa shape index (κ1) is 15.5. The fourth-order valence-electron chi connectivity index (χ4n) is 3.13. The highest BCUT2D eigenvalue weighted by molar-refractivity contribution is 5.36. The lowest BCUT2D eigenvalue weighted by atomic mass is 9.96. The molecule has 112 valence electrons. The summed E-state index contributed by atoms with van der Waals surface area (Å²) in [6, 6.07) is 4.66. The van der Waals surface area contributed by atoms with Crippen LogP contribution in [0.25, 0.3) is 0 Å². The van der Waals surface area contributed by atoms with Crippen LogP contribution in [0.15, 0.2) is 12.1 Å². The SMILES string of the molecule is CCN1CCC(CNCc2cc(C)c(C)cc2C)CC1. The zero-order valence-corrected chi connectivity index (χ0v) is 13.6. The van der Waals surface area contributed by atoms with E-state index < -0.39 is 0 Å². The van der Waals surface area contributed by atoms with Crippen molar-refractivity contribution in [1.82, 2.24) is 10.2 Å². The van der Waals surface area contributed by atoms with E-state index in [0.29, 0.717) is 0 Å². The summed E-state index contributed by atoms with van der Waals surface area (Å²) in [6.45, 7) is 14.9. The maximum atomic E-state index is 3.67. The molecule has 1 aromatic rings. The van der Waals surface area contributed by atoms with Crippen molar-refractivity contribution in [1.29, 1.82) is 0 Å². The lowest BCUT2D eigenvalue weighted by molar-refractivity contribution is 0.190. The molecule has 1 saturated heterocycles. The van der Waals surface area contributed by atoms with Gasteiger partial charge in [0, 0.05) is 6.54 Å². The first-order valence-corrected chi connectivity index (χ1v) is 8.10. The molecule has 2 heteroatoms. The van der Waals surface area contributed by atoms with Gasteiger partial charge in [0.2, 0.25) is 0 Å². The summed E-state index contributed by atoms with van der Waals surface area (Å²) < 4.78 is 0. The quantitative estimate of drug-likeness (QED) is 0.885. The molecule has 0 aliphatic carbocycles. The highest BCUT2D eigenvalue weighted by atomic mass is 15.1. The summed E-state index contributed by atoms with van der Waals surface area (Å²) in [5.74, 6) is 0.865. The molecule has 1 N–H and O–H groups in total. The molecule has 1 fully saturated rings. The highest BCUT2D eigenvalue weighted by Crippen LogP contribution is 2.17. The zero-order valence-electron chi connectivity index (χ0n) is 13.6. The summed E-state index contributed by atoms with van der Waals surface area (Å²) >= 11 is 0. The third-order valence-electron chi connectivity index (χ3n) is 4.86. The minimum absolute atomic E-state index is 0.865. The average Bonchev–Trinajstić information content (AvgIpc) is 2.45. The van der Waals surface area contributed by atoms with Crippen LogP contribution >= 0.6 is 0 Å². The van der Waals surface area contributed by atoms with Gasteiger partial charge in [0.1, 0.15) is 0 Å². The van der Waals surface area contributed by atoms with Gasteiger partial charge in [-0.05, 0) is 88.0 Å². The summed E-state index contributed by atoms with van der Waals surface area (Å²) in [4.78, 5) is 2.56. The predicted molar refractivity (Wildman–Crippen MR) is 87.2 cm³/mol. The lowest BCUT2D eigenvalue weighted by Gasteiger charge is -2.31. The molecule has 0 aromatic heterocycles. The number of nitrogens with one attached hydrogen (secondary N) is 1. The third kappa shape index (κ3) is 4.07. The monoisotopic (exact) mass is 274 g/mol. The second-order valence-electron chi connectivity index (χ2n) is 6.37. The van der Waals surface area contributed by atoms with Gasteiger partial charge in [-0.15, -0.1) is 0 Å². The van der Waals surface area contributed by atoms with Gasteiger partial charge in [-0.3, -0.25) is 0 Å². The molecule has 0 atom stereocenters. The molecule has 1 aromatic carbocycles. The number of aryl methyl sites for hydroxylation is 3. The molecule has 1 aliphatic heterocycles. The Morgan fingerprint density at radius 1 is 1.05 bits per heavy atom. The maximum Gasteiger partial charge on any atom is 0.0208 e. The van der Waals surface area contributed by atoms with Crippen LogP contribution in [-0.2, 0) is 6.54 Å². The number of benzene rings is 1. The summed E-state index contributed by atoms with van der Waals surface area (Å²) in [6.07, 6.45) is 2.71. The van der Waals surface area contributed by atoms with Crippen molar-refractivity contribution < 1.29 is 0 Å². The van der Waals surface area contributed by atoms with Crippen molar-refractivity contribution in [3.05, 3.63) is 34.4 Å². The molecular weight excluding hydrogens is 244 g/mol. The summed E-state index contributed by atoms with van der Waals surface area (Å²) in [5, 5.41) is 3.67. The Kier molecular flexibility index (Phi) is 5.62. The molecule has 20 heavy (non-hydrogen) atoms. The van der Waals surface area contributed by atoms with Gasteiger partial charge in [-0.2, -0.15) is 0 Å². The summed E-state index contributed by atoms with van der Waals surface area (Å²) in [5.41, 5.74) is 5.68. The highest BCUT2D eigenvalue weighted by Gasteiger charge is 2.17. The fraction of sp³-hybridized carbons (Fsp3) is 0.667. The minimum Gasteiger partial charge on any atom is -0.312 e. The average molecular weight is 274 g/mol. The number of rotatable bonds is 5. The van der Waals surface area contributed by atoms with E-state index in [4.69, 9.17) is 0 Å². The fourth-order valence-corrected chi connectivity index (χ4v) is 3.13. The molecular formula is C18H30N2. The Morgan fingerprint density at radius 3 is 2.35 bits per heavy atom. The van der Waals surface area contributed by atoms with E-state index in [1.807, 2.05) is 0 Å². The second kappa shape index (κ2) is 7.24. The van der Waals surface area contributed by atoms with Crippen molar-refractivity contribution in [3.63, 3.8) is 0 Å². The van der Waals surface area contributed by atoms with E-state index >= 15 is 0 Å². The Balaban J connectivity index is 1.78. The van der Waals surface area contributed by atoms with Crippen LogP contribution in [0.2, 0.25) is 0 Å². The molecule has 0 unspecified atom stereocenters. The number of likely N-dealkylation sites (tertiary alicyclic amines) is 1. The van der Waals surface area contributed by atoms with Crippen molar-refractivity contribution in [2.75, 3.05) is 26.2 Å². The largest absolute Gasteiger partial charge is 0.312 e. The van der Waals surface area contributed by atoms with Gasteiger partial charge >= 0.3 is 0 Å². The Morgan fingerprint density at radius 2 is 1.70 bits per heavy atom. The van der Waals surface area contributed by atoms with Crippen LogP contribution in [0, 0.1) is 26.7 Å². The van der Waals surface area contributed by atoms with Gasteiger partial charge < -0.3 is 10.2 Å². The van der Waals surface area contributed by atoms with Crippen LogP contribution in [-0.4, -0.2) is 31.1 Å². The van der Waals surface area contributed by atoms with Gasteiger partial charge in [0.15, 0.2) is 0 Å². The molecule has 0 bridgehead atoms. The smallest absolute Gasteiger partial charge is 0.0208 e. The first-order chi connectivity index (χ1) is 9.60. The number of hydrogen-bond acceptors (Lipinski definition) is 2. The molecule has 0 amide bonds. The van der Waals surface area contributed by atoms with E-state index in [9.17, 15) is 0 Å². The van der Waals surface area contributed by atoms with Crippen molar-refractivity contribution in [2.24, 2.45) is 5.92 Å². The van der Waals surface area contributed by atoms with Crippen LogP contribution in [0.1, 0.15) is 42.0 Å². The summed E-state index contributed by atoms with van der Waals surface area (Å²) in [7, 11) is 0. The normalized spacial score (nSPS) is 17.6. The Labute approximate surface area is 124 Å². The topological polar surface area (TPSA) is 15.3 Å². The second-order valence-corrected chi connectivity index (χ2v) is 6.37. The van der Waals surface area contributed by atoms with Crippen LogP contribution in [0.4, 0.5) is 0 Å². The molecule has 1 aliphatic rings. The van der Waals surface area contributed by atoms with Crippen LogP contribution in [0.5, 0.6) is 0 Å². The van der Waals surface area contributed by atoms with Crippen molar-refractivity contribution >= 4 is 0 Å². The minimum atomic E-state index is 0.865. The molecule has 0 spiro atoms. The standard InChI is InChI=1S/C18H30N2/c1-5-20-8-6-17(7-9-20)12-19-13-18-11-15(3)14(2)10-16(18)4/h10-11,17,19H,5-9,12-13H2,1-4H3. The Bertz CT molecular complexity index is 431. The zero-order chi connectivity index (χ0) is 14.5. The predicted octanol–water partition coefficient (Wildman–Crippen LogP) is 3.43. The first-order valence-electron chi connectivity index (χ1n) is 8.10. The molecule has 2 nitrogen and oxygen atoms in total. The van der Waals surface area contributed by atoms with Gasteiger partial charge in [0.25, 0.3) is 0 Å². The molecule has 2 rings (SSSR count). The lowest BCUT2D eigenvalue weighted by Crippen LogP contribution is -2.37. The van der Waals surface area contributed by atoms with Crippen LogP contribution in [0.3, 0.4) is 0 Å². The van der Waals surface area contributed by atoms with Gasteiger partial charge in [-0.1, -0.05) is 19.1 Å². The van der Waals surface area contributed by atoms with E-state index in [0.717, 1.165) is 12.5 Å². The number of hydrogen-bond donors (Lipinski definition) is 1. The molecule has 0 radical (unpaired) electrons. The van der Waals surface area contributed by atoms with E-state index in [-0.39, 0.29) is 0 Å². The van der Waals surface area contributed by atoms with E-state index in [1.54, 1.807) is 0 Å². The molecule has 0 saturated carbocycles. The van der Waals surface area contributed by atoms with Gasteiger partial charge in [0.05, 0.1) is 0 Å². The van der Waals surface area contributed by atoms with Crippen molar-refractivity contribution in [3.8, 4) is 0 Å². The third-order valence-corrected chi connectivity index (χ3v) is 4.86. The maximum absolute atomic E-state index is 3.67. The van der Waals surface area contributed by atoms with E-state index in [2.05, 4.69) is 50.0 Å². The van der Waals surface area contributed by atoms with Crippen molar-refractivity contribution in [2.45, 2.75) is 47.1 Å². The van der Waals surface area contributed by atoms with Crippen LogP contribution < -0.4 is 5.32 Å². The number of nitrogens with zero attached hydrogens (tertiary/aromatic N) is 1. The Hall–Kier alpha value is -0.860. The van der Waals surface area contributed by atoms with E-state index in [1.165, 1.54) is 61.3 Å². The van der Waals surface area contributed by atoms with Gasteiger partial charge in [-0.25, -0.2) is 0 Å².